The summed E-state index contributed by atoms with van der Waals surface area (Å²) in [6.07, 6.45) is 4.18. The van der Waals surface area contributed by atoms with E-state index in [0.717, 1.165) is 36.6 Å². The number of unbranched alkanes of at least 4 members (excludes halogenated alkanes) is 1. The lowest BCUT2D eigenvalue weighted by atomic mass is 10.0. The van der Waals surface area contributed by atoms with Crippen molar-refractivity contribution in [1.82, 2.24) is 24.9 Å². The van der Waals surface area contributed by atoms with Gasteiger partial charge in [0, 0.05) is 11.8 Å². The smallest absolute Gasteiger partial charge is 0.270 e. The van der Waals surface area contributed by atoms with E-state index in [1.165, 1.54) is 0 Å². The van der Waals surface area contributed by atoms with Crippen molar-refractivity contribution in [3.63, 3.8) is 0 Å². The van der Waals surface area contributed by atoms with Crippen LogP contribution >= 0.6 is 0 Å². The first-order chi connectivity index (χ1) is 18.1. The molecular formula is C28H29N5O4. The summed E-state index contributed by atoms with van der Waals surface area (Å²) in [5.74, 6) is 0.321. The van der Waals surface area contributed by atoms with Crippen LogP contribution in [0.1, 0.15) is 68.5 Å². The fourth-order valence-corrected chi connectivity index (χ4v) is 4.61. The monoisotopic (exact) mass is 499 g/mol. The zero-order valence-electron chi connectivity index (χ0n) is 20.9. The molecule has 0 spiro atoms. The number of aromatic nitrogens is 5. The summed E-state index contributed by atoms with van der Waals surface area (Å²) in [6, 6.07) is 17.2. The van der Waals surface area contributed by atoms with Crippen molar-refractivity contribution in [2.45, 2.75) is 58.4 Å². The van der Waals surface area contributed by atoms with Gasteiger partial charge in [0.05, 0.1) is 12.5 Å². The number of benzene rings is 2. The van der Waals surface area contributed by atoms with E-state index in [-0.39, 0.29) is 29.8 Å². The van der Waals surface area contributed by atoms with Gasteiger partial charge in [0.25, 0.3) is 11.4 Å². The zero-order valence-corrected chi connectivity index (χ0v) is 20.9. The number of nitrogens with zero attached hydrogens (tertiary/aromatic N) is 5. The number of para-hydroxylation sites is 1. The maximum Gasteiger partial charge on any atom is 0.270 e. The van der Waals surface area contributed by atoms with Gasteiger partial charge >= 0.3 is 0 Å². The average molecular weight is 500 g/mol. The zero-order chi connectivity index (χ0) is 25.8. The molecule has 0 bridgehead atoms. The first-order valence-corrected chi connectivity index (χ1v) is 12.7. The first-order valence-electron chi connectivity index (χ1n) is 12.7. The molecule has 0 radical (unpaired) electrons. The summed E-state index contributed by atoms with van der Waals surface area (Å²) in [7, 11) is 0. The summed E-state index contributed by atoms with van der Waals surface area (Å²) in [6.45, 7) is 4.16. The molecule has 37 heavy (non-hydrogen) atoms. The second-order valence-electron chi connectivity index (χ2n) is 9.02. The summed E-state index contributed by atoms with van der Waals surface area (Å²) >= 11 is 0. The van der Waals surface area contributed by atoms with Gasteiger partial charge in [-0.2, -0.15) is 4.98 Å². The van der Waals surface area contributed by atoms with Crippen LogP contribution in [0.5, 0.6) is 5.88 Å². The molecule has 5 aromatic rings. The maximum absolute atomic E-state index is 14.0. The Bertz CT molecular complexity index is 1550. The molecule has 9 heteroatoms. The Morgan fingerprint density at radius 3 is 2.57 bits per heavy atom. The number of aryl methyl sites for hydroxylation is 1. The van der Waals surface area contributed by atoms with Gasteiger partial charge < -0.3 is 14.0 Å². The molecule has 0 aliphatic rings. The normalized spacial score (nSPS) is 12.3. The molecule has 0 saturated heterocycles. The number of hydrogen-bond acceptors (Lipinski definition) is 8. The van der Waals surface area contributed by atoms with Gasteiger partial charge in [-0.3, -0.25) is 9.36 Å². The van der Waals surface area contributed by atoms with Crippen LogP contribution in [0, 0.1) is 0 Å². The highest BCUT2D eigenvalue weighted by molar-refractivity contribution is 5.79. The van der Waals surface area contributed by atoms with Crippen LogP contribution in [0.25, 0.3) is 22.4 Å². The summed E-state index contributed by atoms with van der Waals surface area (Å²) in [4.78, 5) is 18.4. The number of rotatable bonds is 10. The van der Waals surface area contributed by atoms with Crippen molar-refractivity contribution in [2.75, 3.05) is 0 Å². The molecular weight excluding hydrogens is 470 g/mol. The molecule has 0 aliphatic heterocycles. The fraction of sp³-hybridized carbons (Fsp3) is 0.321. The van der Waals surface area contributed by atoms with Crippen molar-refractivity contribution in [2.24, 2.45) is 0 Å². The molecule has 1 N–H and O–H groups in total. The average Bonchev–Trinajstić information content (AvgIpc) is 3.54. The molecule has 0 fully saturated rings. The van der Waals surface area contributed by atoms with E-state index in [1.54, 1.807) is 4.57 Å². The highest BCUT2D eigenvalue weighted by atomic mass is 16.5. The number of fused-ring (bicyclic) bond motifs is 1. The van der Waals surface area contributed by atoms with E-state index in [9.17, 15) is 9.90 Å². The topological polar surface area (TPSA) is 120 Å². The molecule has 0 amide bonds. The SMILES string of the molecule is CCCCc1nc(O)c(-c2nnc(Cc3noc4ccccc34)o2)c(=O)n1[C@@H](CCC)c1ccccc1. The third kappa shape index (κ3) is 4.89. The Morgan fingerprint density at radius 2 is 1.78 bits per heavy atom. The standard InChI is InChI=1S/C28H29N5O4/c1-3-5-16-23-29-26(34)25(28(35)33(23)21(11-4-2)18-12-7-6-8-13-18)27-31-30-24(36-27)17-20-19-14-9-10-15-22(19)37-32-20/h6-10,12-15,21,34H,3-5,11,16-17H2,1-2H3/t21-/m0/s1. The van der Waals surface area contributed by atoms with Crippen LogP contribution in [-0.2, 0) is 12.8 Å². The van der Waals surface area contributed by atoms with Crippen LogP contribution in [0.15, 0.2) is 68.3 Å². The molecule has 9 nitrogen and oxygen atoms in total. The Kier molecular flexibility index (Phi) is 7.11. The minimum Gasteiger partial charge on any atom is -0.493 e. The third-order valence-corrected chi connectivity index (χ3v) is 6.43. The molecule has 5 rings (SSSR count). The van der Waals surface area contributed by atoms with Crippen LogP contribution in [0.2, 0.25) is 0 Å². The van der Waals surface area contributed by atoms with Gasteiger partial charge in [-0.15, -0.1) is 10.2 Å². The molecule has 1 atom stereocenters. The predicted molar refractivity (Wildman–Crippen MR) is 138 cm³/mol. The van der Waals surface area contributed by atoms with Crippen molar-refractivity contribution in [1.29, 1.82) is 0 Å². The summed E-state index contributed by atoms with van der Waals surface area (Å²) < 4.78 is 12.9. The molecule has 190 valence electrons. The third-order valence-electron chi connectivity index (χ3n) is 6.43. The number of aromatic hydroxyl groups is 1. The van der Waals surface area contributed by atoms with E-state index < -0.39 is 11.4 Å². The Morgan fingerprint density at radius 1 is 1.00 bits per heavy atom. The van der Waals surface area contributed by atoms with Crippen LogP contribution in [0.4, 0.5) is 0 Å². The predicted octanol–water partition coefficient (Wildman–Crippen LogP) is 5.46. The van der Waals surface area contributed by atoms with E-state index in [4.69, 9.17) is 8.94 Å². The van der Waals surface area contributed by atoms with Gasteiger partial charge in [-0.05, 0) is 30.5 Å². The largest absolute Gasteiger partial charge is 0.493 e. The van der Waals surface area contributed by atoms with E-state index in [0.29, 0.717) is 23.5 Å². The van der Waals surface area contributed by atoms with Crippen molar-refractivity contribution >= 4 is 11.0 Å². The van der Waals surface area contributed by atoms with Crippen LogP contribution < -0.4 is 5.56 Å². The van der Waals surface area contributed by atoms with E-state index >= 15 is 0 Å². The van der Waals surface area contributed by atoms with Crippen molar-refractivity contribution < 1.29 is 14.0 Å². The Balaban J connectivity index is 1.58. The van der Waals surface area contributed by atoms with E-state index in [2.05, 4.69) is 34.2 Å². The van der Waals surface area contributed by atoms with Crippen molar-refractivity contribution in [3.8, 4) is 17.3 Å². The van der Waals surface area contributed by atoms with Crippen molar-refractivity contribution in [3.05, 3.63) is 87.9 Å². The quantitative estimate of drug-likeness (QED) is 0.269. The minimum atomic E-state index is -0.405. The van der Waals surface area contributed by atoms with Gasteiger partial charge in [-0.25, -0.2) is 0 Å². The van der Waals surface area contributed by atoms with Gasteiger partial charge in [0.15, 0.2) is 11.1 Å². The van der Waals surface area contributed by atoms with E-state index in [1.807, 2.05) is 54.6 Å². The van der Waals surface area contributed by atoms with Crippen LogP contribution in [0.3, 0.4) is 0 Å². The lowest BCUT2D eigenvalue weighted by Gasteiger charge is -2.23. The van der Waals surface area contributed by atoms with Gasteiger partial charge in [-0.1, -0.05) is 74.3 Å². The minimum absolute atomic E-state index is 0.0723. The molecule has 0 aliphatic carbocycles. The Hall–Kier alpha value is -4.27. The number of hydrogen-bond donors (Lipinski definition) is 1. The highest BCUT2D eigenvalue weighted by Gasteiger charge is 2.27. The lowest BCUT2D eigenvalue weighted by Crippen LogP contribution is -2.31. The maximum atomic E-state index is 14.0. The lowest BCUT2D eigenvalue weighted by molar-refractivity contribution is 0.421. The second kappa shape index (κ2) is 10.8. The molecule has 0 saturated carbocycles. The molecule has 3 aromatic heterocycles. The van der Waals surface area contributed by atoms with Gasteiger partial charge in [0.2, 0.25) is 11.8 Å². The highest BCUT2D eigenvalue weighted by Crippen LogP contribution is 2.29. The van der Waals surface area contributed by atoms with Gasteiger partial charge in [0.1, 0.15) is 11.5 Å². The summed E-state index contributed by atoms with van der Waals surface area (Å²) in [5, 5.41) is 24.0. The fourth-order valence-electron chi connectivity index (χ4n) is 4.61. The molecule has 2 aromatic carbocycles. The molecule has 3 heterocycles. The molecule has 0 unspecified atom stereocenters. The van der Waals surface area contributed by atoms with Crippen LogP contribution in [-0.4, -0.2) is 30.0 Å². The first kappa shape index (κ1) is 24.4. The summed E-state index contributed by atoms with van der Waals surface area (Å²) in [5.41, 5.74) is 1.82. The second-order valence-corrected chi connectivity index (χ2v) is 9.02. The Labute approximate surface area is 213 Å².